The second-order valence-electron chi connectivity index (χ2n) is 10.6. The quantitative estimate of drug-likeness (QED) is 0.380. The van der Waals surface area contributed by atoms with Crippen molar-refractivity contribution >= 4 is 34.9 Å². The summed E-state index contributed by atoms with van der Waals surface area (Å²) in [5.41, 5.74) is 1.06. The number of anilines is 3. The van der Waals surface area contributed by atoms with Gasteiger partial charge in [-0.15, -0.1) is 0 Å². The minimum atomic E-state index is 0.483. The van der Waals surface area contributed by atoms with Crippen molar-refractivity contribution in [3.8, 4) is 11.3 Å². The third-order valence-electron chi connectivity index (χ3n) is 7.19. The number of benzene rings is 1. The Morgan fingerprint density at radius 1 is 0.919 bits per heavy atom. The SMILES string of the molecule is C[C@@H]1C[C@H](C)CN(c2cc(N3CCCCCC3)nc(NC(=S)NCc3ccc(-c4ccccc4)o3)n2)C1. The molecular formula is C29H38N6OS. The monoisotopic (exact) mass is 518 g/mol. The molecule has 5 rings (SSSR count). The van der Waals surface area contributed by atoms with Gasteiger partial charge in [-0.3, -0.25) is 0 Å². The zero-order valence-corrected chi connectivity index (χ0v) is 22.8. The lowest BCUT2D eigenvalue weighted by Crippen LogP contribution is -2.39. The van der Waals surface area contributed by atoms with Crippen LogP contribution in [0, 0.1) is 11.8 Å². The highest BCUT2D eigenvalue weighted by Crippen LogP contribution is 2.29. The molecule has 2 aliphatic rings. The van der Waals surface area contributed by atoms with Crippen LogP contribution in [0.5, 0.6) is 0 Å². The van der Waals surface area contributed by atoms with Crippen LogP contribution in [0.2, 0.25) is 0 Å². The van der Waals surface area contributed by atoms with Gasteiger partial charge >= 0.3 is 0 Å². The predicted octanol–water partition coefficient (Wildman–Crippen LogP) is 6.09. The molecule has 0 unspecified atom stereocenters. The molecule has 37 heavy (non-hydrogen) atoms. The van der Waals surface area contributed by atoms with E-state index in [0.717, 1.165) is 54.9 Å². The molecule has 2 saturated heterocycles. The Morgan fingerprint density at radius 2 is 1.59 bits per heavy atom. The number of nitrogens with zero attached hydrogens (tertiary/aromatic N) is 4. The second kappa shape index (κ2) is 11.9. The second-order valence-corrected chi connectivity index (χ2v) is 11.0. The molecule has 0 amide bonds. The first-order valence-electron chi connectivity index (χ1n) is 13.6. The van der Waals surface area contributed by atoms with Crippen molar-refractivity contribution in [1.82, 2.24) is 15.3 Å². The zero-order chi connectivity index (χ0) is 25.6. The third kappa shape index (κ3) is 6.80. The standard InChI is InChI=1S/C29H38N6OS/c1-21-16-22(2)20-35(19-21)27-17-26(34-14-8-3-4-9-15-34)31-28(32-27)33-29(37)30-18-24-12-13-25(36-24)23-10-6-5-7-11-23/h5-7,10-13,17,21-22H,3-4,8-9,14-16,18-20H2,1-2H3,(H2,30,31,32,33,37)/t21-,22+. The van der Waals surface area contributed by atoms with Gasteiger partial charge in [-0.1, -0.05) is 57.0 Å². The summed E-state index contributed by atoms with van der Waals surface area (Å²) in [6, 6.07) is 16.2. The van der Waals surface area contributed by atoms with Crippen molar-refractivity contribution in [2.24, 2.45) is 11.8 Å². The molecule has 0 spiro atoms. The van der Waals surface area contributed by atoms with E-state index in [4.69, 9.17) is 26.6 Å². The van der Waals surface area contributed by atoms with E-state index in [1.165, 1.54) is 32.1 Å². The van der Waals surface area contributed by atoms with Crippen LogP contribution in [0.25, 0.3) is 11.3 Å². The fourth-order valence-corrected chi connectivity index (χ4v) is 5.66. The average molecular weight is 519 g/mol. The topological polar surface area (TPSA) is 69.5 Å². The van der Waals surface area contributed by atoms with Crippen LogP contribution < -0.4 is 20.4 Å². The molecule has 2 aromatic heterocycles. The van der Waals surface area contributed by atoms with Crippen LogP contribution in [-0.4, -0.2) is 41.3 Å². The van der Waals surface area contributed by atoms with Gasteiger partial charge < -0.3 is 24.9 Å². The molecule has 0 aliphatic carbocycles. The van der Waals surface area contributed by atoms with Crippen LogP contribution in [0.1, 0.15) is 51.7 Å². The summed E-state index contributed by atoms with van der Waals surface area (Å²) in [6.07, 6.45) is 6.24. The Kier molecular flexibility index (Phi) is 8.24. The molecule has 2 fully saturated rings. The van der Waals surface area contributed by atoms with Crippen molar-refractivity contribution in [2.75, 3.05) is 41.3 Å². The van der Waals surface area contributed by atoms with E-state index in [1.807, 2.05) is 42.5 Å². The van der Waals surface area contributed by atoms with Gasteiger partial charge in [-0.2, -0.15) is 9.97 Å². The van der Waals surface area contributed by atoms with Gasteiger partial charge in [-0.05, 0) is 55.4 Å². The predicted molar refractivity (Wildman–Crippen MR) is 155 cm³/mol. The highest BCUT2D eigenvalue weighted by Gasteiger charge is 2.25. The molecule has 0 bridgehead atoms. The summed E-state index contributed by atoms with van der Waals surface area (Å²) in [5.74, 6) is 5.48. The number of nitrogens with one attached hydrogen (secondary N) is 2. The number of piperidine rings is 1. The first-order valence-corrected chi connectivity index (χ1v) is 14.0. The Labute approximate surface area is 225 Å². The van der Waals surface area contributed by atoms with Gasteiger partial charge in [0.2, 0.25) is 5.95 Å². The smallest absolute Gasteiger partial charge is 0.232 e. The molecule has 2 N–H and O–H groups in total. The Bertz CT molecular complexity index is 1160. The number of thiocarbonyl (C=S) groups is 1. The number of rotatable bonds is 6. The summed E-state index contributed by atoms with van der Waals surface area (Å²) in [4.78, 5) is 14.6. The summed E-state index contributed by atoms with van der Waals surface area (Å²) >= 11 is 5.62. The van der Waals surface area contributed by atoms with E-state index in [1.54, 1.807) is 0 Å². The number of aromatic nitrogens is 2. The lowest BCUT2D eigenvalue weighted by molar-refractivity contribution is 0.355. The van der Waals surface area contributed by atoms with E-state index in [-0.39, 0.29) is 0 Å². The van der Waals surface area contributed by atoms with Gasteiger partial charge in [-0.25, -0.2) is 0 Å². The van der Waals surface area contributed by atoms with E-state index < -0.39 is 0 Å². The number of hydrogen-bond donors (Lipinski definition) is 2. The van der Waals surface area contributed by atoms with Gasteiger partial charge in [0.1, 0.15) is 23.2 Å². The summed E-state index contributed by atoms with van der Waals surface area (Å²) in [5, 5.41) is 6.99. The lowest BCUT2D eigenvalue weighted by Gasteiger charge is -2.36. The van der Waals surface area contributed by atoms with Crippen LogP contribution in [0.15, 0.2) is 52.9 Å². The molecule has 0 saturated carbocycles. The molecule has 3 aromatic rings. The zero-order valence-electron chi connectivity index (χ0n) is 21.9. The maximum Gasteiger partial charge on any atom is 0.232 e. The first-order chi connectivity index (χ1) is 18.0. The number of hydrogen-bond acceptors (Lipinski definition) is 6. The lowest BCUT2D eigenvalue weighted by atomic mass is 9.92. The number of furan rings is 1. The van der Waals surface area contributed by atoms with Gasteiger partial charge in [0, 0.05) is 37.8 Å². The van der Waals surface area contributed by atoms with Crippen LogP contribution in [-0.2, 0) is 6.54 Å². The minimum absolute atomic E-state index is 0.483. The Morgan fingerprint density at radius 3 is 2.30 bits per heavy atom. The minimum Gasteiger partial charge on any atom is -0.459 e. The molecule has 8 heteroatoms. The largest absolute Gasteiger partial charge is 0.459 e. The van der Waals surface area contributed by atoms with E-state index in [2.05, 4.69) is 40.3 Å². The van der Waals surface area contributed by atoms with E-state index in [0.29, 0.717) is 29.4 Å². The molecular weight excluding hydrogens is 480 g/mol. The van der Waals surface area contributed by atoms with Gasteiger partial charge in [0.05, 0.1) is 6.54 Å². The Hall–Kier alpha value is -3.13. The van der Waals surface area contributed by atoms with Gasteiger partial charge in [0.15, 0.2) is 5.11 Å². The first kappa shape index (κ1) is 25.5. The van der Waals surface area contributed by atoms with Gasteiger partial charge in [0.25, 0.3) is 0 Å². The summed E-state index contributed by atoms with van der Waals surface area (Å²) in [6.45, 7) is 9.25. The molecule has 0 radical (unpaired) electrons. The van der Waals surface area contributed by atoms with Crippen LogP contribution >= 0.6 is 12.2 Å². The van der Waals surface area contributed by atoms with Crippen molar-refractivity contribution in [1.29, 1.82) is 0 Å². The van der Waals surface area contributed by atoms with E-state index in [9.17, 15) is 0 Å². The van der Waals surface area contributed by atoms with Crippen LogP contribution in [0.4, 0.5) is 17.6 Å². The maximum atomic E-state index is 6.00. The molecule has 2 aliphatic heterocycles. The summed E-state index contributed by atoms with van der Waals surface area (Å²) in [7, 11) is 0. The third-order valence-corrected chi connectivity index (χ3v) is 7.44. The fraction of sp³-hybridized carbons (Fsp3) is 0.483. The molecule has 2 atom stereocenters. The Balaban J connectivity index is 1.29. The van der Waals surface area contributed by atoms with Crippen molar-refractivity contribution < 1.29 is 4.42 Å². The molecule has 196 valence electrons. The fourth-order valence-electron chi connectivity index (χ4n) is 5.50. The van der Waals surface area contributed by atoms with Crippen molar-refractivity contribution in [2.45, 2.75) is 52.5 Å². The van der Waals surface area contributed by atoms with Crippen molar-refractivity contribution in [3.05, 3.63) is 54.3 Å². The molecule has 4 heterocycles. The maximum absolute atomic E-state index is 6.00. The normalized spacial score (nSPS) is 20.4. The highest BCUT2D eigenvalue weighted by atomic mass is 32.1. The highest BCUT2D eigenvalue weighted by molar-refractivity contribution is 7.80. The average Bonchev–Trinajstić information content (AvgIpc) is 3.20. The summed E-state index contributed by atoms with van der Waals surface area (Å²) < 4.78 is 6.00. The van der Waals surface area contributed by atoms with E-state index >= 15 is 0 Å². The van der Waals surface area contributed by atoms with Crippen LogP contribution in [0.3, 0.4) is 0 Å². The van der Waals surface area contributed by atoms with Crippen molar-refractivity contribution in [3.63, 3.8) is 0 Å². The molecule has 7 nitrogen and oxygen atoms in total. The molecule has 1 aromatic carbocycles.